The van der Waals surface area contributed by atoms with Crippen molar-refractivity contribution < 1.29 is 4.74 Å². The van der Waals surface area contributed by atoms with Crippen molar-refractivity contribution >= 4 is 11.4 Å². The van der Waals surface area contributed by atoms with E-state index in [1.54, 1.807) is 12.1 Å². The summed E-state index contributed by atoms with van der Waals surface area (Å²) in [6, 6.07) is 5.48. The summed E-state index contributed by atoms with van der Waals surface area (Å²) in [7, 11) is 0. The van der Waals surface area contributed by atoms with Crippen LogP contribution in [-0.2, 0) is 0 Å². The molecule has 1 aromatic carbocycles. The molecule has 0 aliphatic heterocycles. The molecule has 0 spiro atoms. The molecule has 0 atom stereocenters. The fourth-order valence-corrected chi connectivity index (χ4v) is 2.46. The maximum Gasteiger partial charge on any atom is 0.121 e. The van der Waals surface area contributed by atoms with Gasteiger partial charge in [-0.15, -0.1) is 0 Å². The van der Waals surface area contributed by atoms with Gasteiger partial charge >= 0.3 is 0 Å². The first-order chi connectivity index (χ1) is 8.25. The Morgan fingerprint density at radius 2 is 1.82 bits per heavy atom. The molecule has 0 bridgehead atoms. The maximum atomic E-state index is 5.73. The van der Waals surface area contributed by atoms with Crippen molar-refractivity contribution in [1.82, 2.24) is 0 Å². The molecule has 0 heterocycles. The molecule has 3 nitrogen and oxygen atoms in total. The molecule has 0 unspecified atom stereocenters. The molecule has 3 heteroatoms. The van der Waals surface area contributed by atoms with E-state index in [4.69, 9.17) is 16.2 Å². The monoisotopic (exact) mass is 234 g/mol. The lowest BCUT2D eigenvalue weighted by Crippen LogP contribution is -2.10. The molecular formula is C14H22N2O. The van der Waals surface area contributed by atoms with Gasteiger partial charge in [-0.3, -0.25) is 0 Å². The Kier molecular flexibility index (Phi) is 4.13. The topological polar surface area (TPSA) is 61.3 Å². The van der Waals surface area contributed by atoms with Crippen LogP contribution in [0.3, 0.4) is 0 Å². The van der Waals surface area contributed by atoms with Gasteiger partial charge in [0.25, 0.3) is 0 Å². The van der Waals surface area contributed by atoms with Crippen molar-refractivity contribution in [3.05, 3.63) is 18.2 Å². The third-order valence-corrected chi connectivity index (χ3v) is 3.58. The molecule has 0 radical (unpaired) electrons. The second-order valence-corrected chi connectivity index (χ2v) is 4.93. The molecule has 0 aromatic heterocycles. The van der Waals surface area contributed by atoms with Gasteiger partial charge < -0.3 is 16.2 Å². The number of rotatable bonds is 4. The van der Waals surface area contributed by atoms with Crippen molar-refractivity contribution in [1.29, 1.82) is 0 Å². The van der Waals surface area contributed by atoms with Crippen LogP contribution in [0.1, 0.15) is 38.5 Å². The minimum Gasteiger partial charge on any atom is -0.494 e. The molecule has 1 fully saturated rings. The lowest BCUT2D eigenvalue weighted by molar-refractivity contribution is 0.246. The normalized spacial score (nSPS) is 16.9. The number of hydrogen-bond donors (Lipinski definition) is 2. The SMILES string of the molecule is Nc1ccc(OCCC2CCCCC2)cc1N. The predicted octanol–water partition coefficient (Wildman–Crippen LogP) is 3.20. The number of nitrogen functional groups attached to an aromatic ring is 2. The van der Waals surface area contributed by atoms with Crippen LogP contribution in [0.4, 0.5) is 11.4 Å². The zero-order valence-electron chi connectivity index (χ0n) is 10.3. The smallest absolute Gasteiger partial charge is 0.121 e. The second kappa shape index (κ2) is 5.80. The van der Waals surface area contributed by atoms with E-state index < -0.39 is 0 Å². The first-order valence-electron chi connectivity index (χ1n) is 6.53. The van der Waals surface area contributed by atoms with Crippen LogP contribution < -0.4 is 16.2 Å². The molecule has 17 heavy (non-hydrogen) atoms. The van der Waals surface area contributed by atoms with E-state index in [9.17, 15) is 0 Å². The van der Waals surface area contributed by atoms with Crippen molar-refractivity contribution in [3.63, 3.8) is 0 Å². The molecule has 1 aromatic rings. The molecule has 0 saturated heterocycles. The number of benzene rings is 1. The zero-order valence-corrected chi connectivity index (χ0v) is 10.3. The van der Waals surface area contributed by atoms with Crippen LogP contribution in [0, 0.1) is 5.92 Å². The Labute approximate surface area is 103 Å². The van der Waals surface area contributed by atoms with E-state index in [-0.39, 0.29) is 0 Å². The van der Waals surface area contributed by atoms with E-state index in [2.05, 4.69) is 0 Å². The van der Waals surface area contributed by atoms with Crippen LogP contribution >= 0.6 is 0 Å². The summed E-state index contributed by atoms with van der Waals surface area (Å²) in [6.45, 7) is 0.786. The van der Waals surface area contributed by atoms with Crippen molar-refractivity contribution in [2.45, 2.75) is 38.5 Å². The first kappa shape index (κ1) is 12.1. The highest BCUT2D eigenvalue weighted by molar-refractivity contribution is 5.65. The minimum absolute atomic E-state index is 0.597. The van der Waals surface area contributed by atoms with E-state index >= 15 is 0 Å². The lowest BCUT2D eigenvalue weighted by Gasteiger charge is -2.21. The number of nitrogens with two attached hydrogens (primary N) is 2. The number of anilines is 2. The summed E-state index contributed by atoms with van der Waals surface area (Å²) < 4.78 is 5.71. The first-order valence-corrected chi connectivity index (χ1v) is 6.53. The molecule has 4 N–H and O–H groups in total. The third kappa shape index (κ3) is 3.55. The maximum absolute atomic E-state index is 5.73. The van der Waals surface area contributed by atoms with Crippen molar-refractivity contribution in [2.24, 2.45) is 5.92 Å². The molecular weight excluding hydrogens is 212 g/mol. The molecule has 1 aliphatic rings. The van der Waals surface area contributed by atoms with Gasteiger partial charge in [0.2, 0.25) is 0 Å². The largest absolute Gasteiger partial charge is 0.494 e. The van der Waals surface area contributed by atoms with E-state index in [1.807, 2.05) is 6.07 Å². The highest BCUT2D eigenvalue weighted by Crippen LogP contribution is 2.27. The summed E-state index contributed by atoms with van der Waals surface area (Å²) in [6.07, 6.45) is 8.08. The lowest BCUT2D eigenvalue weighted by atomic mass is 9.87. The van der Waals surface area contributed by atoms with E-state index in [0.717, 1.165) is 24.7 Å². The quantitative estimate of drug-likeness (QED) is 0.786. The van der Waals surface area contributed by atoms with Gasteiger partial charge in [0.1, 0.15) is 5.75 Å². The van der Waals surface area contributed by atoms with Gasteiger partial charge in [0.05, 0.1) is 18.0 Å². The Bertz CT molecular complexity index is 359. The third-order valence-electron chi connectivity index (χ3n) is 3.58. The standard InChI is InChI=1S/C14H22N2O/c15-13-7-6-12(10-14(13)16)17-9-8-11-4-2-1-3-5-11/h6-7,10-11H,1-5,8-9,15-16H2. The van der Waals surface area contributed by atoms with Gasteiger partial charge in [-0.05, 0) is 24.5 Å². The van der Waals surface area contributed by atoms with E-state index in [1.165, 1.54) is 32.1 Å². The summed E-state index contributed by atoms with van der Waals surface area (Å²) in [5, 5.41) is 0. The van der Waals surface area contributed by atoms with Crippen LogP contribution in [0.5, 0.6) is 5.75 Å². The minimum atomic E-state index is 0.597. The highest BCUT2D eigenvalue weighted by Gasteiger charge is 2.13. The van der Waals surface area contributed by atoms with Crippen LogP contribution in [0.25, 0.3) is 0 Å². The predicted molar refractivity (Wildman–Crippen MR) is 72.0 cm³/mol. The summed E-state index contributed by atoms with van der Waals surface area (Å²) in [5.41, 5.74) is 12.6. The van der Waals surface area contributed by atoms with Crippen molar-refractivity contribution in [2.75, 3.05) is 18.1 Å². The van der Waals surface area contributed by atoms with Gasteiger partial charge in [-0.1, -0.05) is 32.1 Å². The fraction of sp³-hybridized carbons (Fsp3) is 0.571. The molecule has 2 rings (SSSR count). The molecule has 94 valence electrons. The van der Waals surface area contributed by atoms with Gasteiger partial charge in [0.15, 0.2) is 0 Å². The van der Waals surface area contributed by atoms with Crippen molar-refractivity contribution in [3.8, 4) is 5.75 Å². The summed E-state index contributed by atoms with van der Waals surface area (Å²) in [5.74, 6) is 1.68. The van der Waals surface area contributed by atoms with E-state index in [0.29, 0.717) is 11.4 Å². The van der Waals surface area contributed by atoms with Gasteiger partial charge in [-0.2, -0.15) is 0 Å². The molecule has 1 saturated carbocycles. The van der Waals surface area contributed by atoms with Gasteiger partial charge in [-0.25, -0.2) is 0 Å². The second-order valence-electron chi connectivity index (χ2n) is 4.93. The number of hydrogen-bond acceptors (Lipinski definition) is 3. The molecule has 0 amide bonds. The molecule has 1 aliphatic carbocycles. The van der Waals surface area contributed by atoms with Gasteiger partial charge in [0, 0.05) is 6.07 Å². The number of ether oxygens (including phenoxy) is 1. The average Bonchev–Trinajstić information content (AvgIpc) is 2.35. The Morgan fingerprint density at radius 3 is 2.53 bits per heavy atom. The summed E-state index contributed by atoms with van der Waals surface area (Å²) >= 11 is 0. The van der Waals surface area contributed by atoms with Crippen LogP contribution in [0.15, 0.2) is 18.2 Å². The Balaban J connectivity index is 1.75. The van der Waals surface area contributed by atoms with Crippen LogP contribution in [0.2, 0.25) is 0 Å². The summed E-state index contributed by atoms with van der Waals surface area (Å²) in [4.78, 5) is 0. The Morgan fingerprint density at radius 1 is 1.06 bits per heavy atom. The van der Waals surface area contributed by atoms with Crippen LogP contribution in [-0.4, -0.2) is 6.61 Å². The average molecular weight is 234 g/mol. The Hall–Kier alpha value is -1.38. The highest BCUT2D eigenvalue weighted by atomic mass is 16.5. The fourth-order valence-electron chi connectivity index (χ4n) is 2.46. The zero-order chi connectivity index (χ0) is 12.1.